The van der Waals surface area contributed by atoms with Gasteiger partial charge in [0.25, 0.3) is 0 Å². The van der Waals surface area contributed by atoms with Gasteiger partial charge in [-0.15, -0.1) is 11.3 Å². The number of thiophene rings is 1. The van der Waals surface area contributed by atoms with Crippen LogP contribution in [0.1, 0.15) is 16.6 Å². The van der Waals surface area contributed by atoms with Crippen LogP contribution < -0.4 is 14.8 Å². The molecule has 0 fully saturated rings. The first-order valence-electron chi connectivity index (χ1n) is 8.93. The normalized spacial score (nSPS) is 12.4. The topological polar surface area (TPSA) is 111 Å². The number of nitrogens with one attached hydrogen (secondary N) is 2. The van der Waals surface area contributed by atoms with Crippen molar-refractivity contribution >= 4 is 60.6 Å². The van der Waals surface area contributed by atoms with Crippen molar-refractivity contribution in [1.29, 1.82) is 0 Å². The molecule has 2 N–H and O–H groups in total. The summed E-state index contributed by atoms with van der Waals surface area (Å²) in [5, 5.41) is 3.56. The van der Waals surface area contributed by atoms with E-state index in [1.54, 1.807) is 24.3 Å². The Bertz CT molecular complexity index is 1260. The molecular formula is C20H19ClN2O6S2. The van der Waals surface area contributed by atoms with Crippen LogP contribution in [0.3, 0.4) is 0 Å². The largest absolute Gasteiger partial charge is 0.495 e. The van der Waals surface area contributed by atoms with Crippen molar-refractivity contribution in [1.82, 2.24) is 4.72 Å². The molecule has 0 spiro atoms. The van der Waals surface area contributed by atoms with Crippen LogP contribution in [-0.2, 0) is 19.6 Å². The number of fused-ring (bicyclic) bond motifs is 1. The Morgan fingerprint density at radius 2 is 1.84 bits per heavy atom. The zero-order valence-corrected chi connectivity index (χ0v) is 19.2. The van der Waals surface area contributed by atoms with Gasteiger partial charge in [0.05, 0.1) is 30.2 Å². The van der Waals surface area contributed by atoms with Crippen LogP contribution >= 0.6 is 22.9 Å². The number of benzene rings is 2. The molecule has 2 aromatic carbocycles. The minimum Gasteiger partial charge on any atom is -0.495 e. The predicted octanol–water partition coefficient (Wildman–Crippen LogP) is 3.66. The molecule has 0 bridgehead atoms. The zero-order chi connectivity index (χ0) is 22.8. The number of anilines is 1. The molecular weight excluding hydrogens is 464 g/mol. The molecule has 31 heavy (non-hydrogen) atoms. The van der Waals surface area contributed by atoms with Gasteiger partial charge in [-0.25, -0.2) is 13.2 Å². The Labute approximate surface area is 188 Å². The average Bonchev–Trinajstić information content (AvgIpc) is 3.16. The van der Waals surface area contributed by atoms with Crippen molar-refractivity contribution in [3.8, 4) is 5.75 Å². The van der Waals surface area contributed by atoms with Gasteiger partial charge in [-0.1, -0.05) is 11.6 Å². The van der Waals surface area contributed by atoms with Crippen LogP contribution in [0.5, 0.6) is 5.75 Å². The van der Waals surface area contributed by atoms with E-state index in [2.05, 4.69) is 10.0 Å². The number of sulfonamides is 1. The number of rotatable bonds is 7. The van der Waals surface area contributed by atoms with E-state index in [4.69, 9.17) is 21.1 Å². The average molecular weight is 483 g/mol. The molecule has 0 saturated carbocycles. The second kappa shape index (κ2) is 9.23. The number of amides is 1. The number of hydrogen-bond donors (Lipinski definition) is 2. The van der Waals surface area contributed by atoms with Crippen molar-refractivity contribution in [3.63, 3.8) is 0 Å². The van der Waals surface area contributed by atoms with Gasteiger partial charge in [-0.2, -0.15) is 4.72 Å². The molecule has 1 atom stereocenters. The zero-order valence-electron chi connectivity index (χ0n) is 16.8. The summed E-state index contributed by atoms with van der Waals surface area (Å²) in [4.78, 5) is 24.6. The second-order valence-corrected chi connectivity index (χ2v) is 9.69. The van der Waals surface area contributed by atoms with E-state index in [9.17, 15) is 18.0 Å². The number of esters is 1. The first kappa shape index (κ1) is 23.0. The minimum absolute atomic E-state index is 0.0898. The van der Waals surface area contributed by atoms with Crippen LogP contribution in [0, 0.1) is 0 Å². The molecule has 0 aliphatic carbocycles. The summed E-state index contributed by atoms with van der Waals surface area (Å²) >= 11 is 7.27. The second-order valence-electron chi connectivity index (χ2n) is 6.48. The Morgan fingerprint density at radius 3 is 2.48 bits per heavy atom. The Morgan fingerprint density at radius 1 is 1.10 bits per heavy atom. The van der Waals surface area contributed by atoms with Gasteiger partial charge in [-0.05, 0) is 54.8 Å². The molecule has 0 aliphatic heterocycles. The van der Waals surface area contributed by atoms with E-state index >= 15 is 0 Å². The molecule has 3 aromatic rings. The molecule has 11 heteroatoms. The maximum atomic E-state index is 12.6. The highest BCUT2D eigenvalue weighted by molar-refractivity contribution is 7.89. The number of halogens is 1. The van der Waals surface area contributed by atoms with Gasteiger partial charge >= 0.3 is 5.97 Å². The lowest BCUT2D eigenvalue weighted by atomic mass is 10.2. The first-order chi connectivity index (χ1) is 14.6. The molecule has 0 unspecified atom stereocenters. The van der Waals surface area contributed by atoms with E-state index < -0.39 is 27.9 Å². The summed E-state index contributed by atoms with van der Waals surface area (Å²) in [7, 11) is -1.26. The Balaban J connectivity index is 1.72. The standard InChI is InChI=1S/C20H19ClN2O6S2/c1-11(23-31(26,27)14-5-6-16(28-2)15(21)10-14)19(24)22-13-4-7-17-12(8-13)9-18(30-17)20(25)29-3/h4-11,23H,1-3H3,(H,22,24)/t11-/m0/s1. The van der Waals surface area contributed by atoms with Crippen LogP contribution in [0.25, 0.3) is 10.1 Å². The molecule has 8 nitrogen and oxygen atoms in total. The van der Waals surface area contributed by atoms with Crippen LogP contribution in [0.4, 0.5) is 5.69 Å². The third-order valence-corrected chi connectivity index (χ3v) is 7.26. The summed E-state index contributed by atoms with van der Waals surface area (Å²) in [6.07, 6.45) is 0. The van der Waals surface area contributed by atoms with Crippen molar-refractivity contribution in [3.05, 3.63) is 52.4 Å². The van der Waals surface area contributed by atoms with Gasteiger partial charge in [0.15, 0.2) is 0 Å². The fraction of sp³-hybridized carbons (Fsp3) is 0.200. The Hall–Kier alpha value is -2.66. The monoisotopic (exact) mass is 482 g/mol. The Kier molecular flexibility index (Phi) is 6.85. The van der Waals surface area contributed by atoms with E-state index in [0.717, 1.165) is 10.1 Å². The smallest absolute Gasteiger partial charge is 0.348 e. The number of carbonyl (C=O) groups excluding carboxylic acids is 2. The fourth-order valence-corrected chi connectivity index (χ4v) is 5.25. The number of hydrogen-bond acceptors (Lipinski definition) is 7. The highest BCUT2D eigenvalue weighted by Gasteiger charge is 2.23. The number of methoxy groups -OCH3 is 2. The van der Waals surface area contributed by atoms with Gasteiger partial charge in [0.2, 0.25) is 15.9 Å². The van der Waals surface area contributed by atoms with E-state index in [1.807, 2.05) is 0 Å². The fourth-order valence-electron chi connectivity index (χ4n) is 2.74. The first-order valence-corrected chi connectivity index (χ1v) is 11.6. The van der Waals surface area contributed by atoms with Crippen LogP contribution in [-0.4, -0.2) is 40.6 Å². The van der Waals surface area contributed by atoms with Crippen molar-refractivity contribution in [2.75, 3.05) is 19.5 Å². The van der Waals surface area contributed by atoms with Gasteiger partial charge in [-0.3, -0.25) is 4.79 Å². The third kappa shape index (κ3) is 5.16. The lowest BCUT2D eigenvalue weighted by Crippen LogP contribution is -2.41. The van der Waals surface area contributed by atoms with Crippen molar-refractivity contribution < 1.29 is 27.5 Å². The predicted molar refractivity (Wildman–Crippen MR) is 120 cm³/mol. The van der Waals surface area contributed by atoms with Gasteiger partial charge in [0, 0.05) is 10.4 Å². The lowest BCUT2D eigenvalue weighted by molar-refractivity contribution is -0.117. The summed E-state index contributed by atoms with van der Waals surface area (Å²) in [5.41, 5.74) is 0.463. The van der Waals surface area contributed by atoms with Gasteiger partial charge < -0.3 is 14.8 Å². The molecule has 0 radical (unpaired) electrons. The summed E-state index contributed by atoms with van der Waals surface area (Å²) in [6.45, 7) is 1.43. The SMILES string of the molecule is COC(=O)c1cc2cc(NC(=O)[C@H](C)NS(=O)(=O)c3ccc(OC)c(Cl)c3)ccc2s1. The number of carbonyl (C=O) groups is 2. The molecule has 1 heterocycles. The van der Waals surface area contributed by atoms with E-state index in [0.29, 0.717) is 16.3 Å². The summed E-state index contributed by atoms with van der Waals surface area (Å²) < 4.78 is 38.1. The molecule has 164 valence electrons. The van der Waals surface area contributed by atoms with E-state index in [1.165, 1.54) is 50.7 Å². The lowest BCUT2D eigenvalue weighted by Gasteiger charge is -2.15. The third-order valence-electron chi connectivity index (χ3n) is 4.33. The van der Waals surface area contributed by atoms with E-state index in [-0.39, 0.29) is 9.92 Å². The quantitative estimate of drug-likeness (QED) is 0.497. The van der Waals surface area contributed by atoms with Crippen LogP contribution in [0.2, 0.25) is 5.02 Å². The molecule has 0 aliphatic rings. The summed E-state index contributed by atoms with van der Waals surface area (Å²) in [6, 6.07) is 9.74. The maximum Gasteiger partial charge on any atom is 0.348 e. The van der Waals surface area contributed by atoms with Gasteiger partial charge in [0.1, 0.15) is 10.6 Å². The van der Waals surface area contributed by atoms with Crippen molar-refractivity contribution in [2.45, 2.75) is 17.9 Å². The molecule has 1 aromatic heterocycles. The van der Waals surface area contributed by atoms with Crippen molar-refractivity contribution in [2.24, 2.45) is 0 Å². The molecule has 1 amide bonds. The highest BCUT2D eigenvalue weighted by atomic mass is 35.5. The number of ether oxygens (including phenoxy) is 2. The maximum absolute atomic E-state index is 12.6. The molecule has 0 saturated heterocycles. The van der Waals surface area contributed by atoms with Crippen LogP contribution in [0.15, 0.2) is 47.4 Å². The summed E-state index contributed by atoms with van der Waals surface area (Å²) in [5.74, 6) is -0.648. The minimum atomic E-state index is -3.99. The molecule has 3 rings (SSSR count). The highest BCUT2D eigenvalue weighted by Crippen LogP contribution is 2.29.